The van der Waals surface area contributed by atoms with E-state index in [9.17, 15) is 9.59 Å². The minimum absolute atomic E-state index is 0.0549. The summed E-state index contributed by atoms with van der Waals surface area (Å²) in [6.45, 7) is 3.42. The van der Waals surface area contributed by atoms with E-state index in [1.165, 1.54) is 23.7 Å². The zero-order chi connectivity index (χ0) is 13.0. The summed E-state index contributed by atoms with van der Waals surface area (Å²) in [6, 6.07) is -0.399. The molecule has 0 spiro atoms. The first-order valence-electron chi connectivity index (χ1n) is 6.38. The molecule has 6 nitrogen and oxygen atoms in total. The smallest absolute Gasteiger partial charge is 0.247 e. The topological polar surface area (TPSA) is 68.1 Å². The van der Waals surface area contributed by atoms with Gasteiger partial charge in [-0.05, 0) is 19.8 Å². The minimum atomic E-state index is -0.399. The summed E-state index contributed by atoms with van der Waals surface area (Å²) < 4.78 is 1.46. The molecule has 1 saturated heterocycles. The summed E-state index contributed by atoms with van der Waals surface area (Å²) in [6.07, 6.45) is 6.65. The maximum absolute atomic E-state index is 12.3. The summed E-state index contributed by atoms with van der Waals surface area (Å²) in [7, 11) is 0. The summed E-state index contributed by atoms with van der Waals surface area (Å²) >= 11 is 0. The summed E-state index contributed by atoms with van der Waals surface area (Å²) in [5, 5.41) is 7.49. The molecular formula is C12H18N4O2. The Bertz CT molecular complexity index is 421. The van der Waals surface area contributed by atoms with Crippen LogP contribution in [-0.2, 0) is 4.79 Å². The van der Waals surface area contributed by atoms with Crippen molar-refractivity contribution < 1.29 is 9.59 Å². The summed E-state index contributed by atoms with van der Waals surface area (Å²) in [5.41, 5.74) is 0.255. The Labute approximate surface area is 106 Å². The fourth-order valence-corrected chi connectivity index (χ4v) is 2.20. The van der Waals surface area contributed by atoms with Crippen LogP contribution in [0.1, 0.15) is 49.1 Å². The van der Waals surface area contributed by atoms with Crippen molar-refractivity contribution in [2.45, 2.75) is 38.6 Å². The second-order valence-corrected chi connectivity index (χ2v) is 4.66. The Hall–Kier alpha value is -1.72. The molecule has 1 aromatic heterocycles. The molecule has 0 bridgehead atoms. The highest BCUT2D eigenvalue weighted by Gasteiger charge is 2.23. The van der Waals surface area contributed by atoms with Crippen LogP contribution in [0.25, 0.3) is 0 Å². The molecule has 0 aliphatic carbocycles. The number of nitrogens with zero attached hydrogens (tertiary/aromatic N) is 4. The van der Waals surface area contributed by atoms with Gasteiger partial charge in [-0.2, -0.15) is 0 Å². The fraction of sp³-hybridized carbons (Fsp3) is 0.667. The highest BCUT2D eigenvalue weighted by molar-refractivity contribution is 5.80. The number of amides is 1. The molecular weight excluding hydrogens is 232 g/mol. The van der Waals surface area contributed by atoms with Gasteiger partial charge in [0.05, 0.1) is 6.20 Å². The Balaban J connectivity index is 2.04. The molecule has 1 aromatic rings. The van der Waals surface area contributed by atoms with Crippen LogP contribution in [0.2, 0.25) is 0 Å². The summed E-state index contributed by atoms with van der Waals surface area (Å²) in [4.78, 5) is 24.7. The molecule has 98 valence electrons. The molecule has 0 N–H and O–H groups in total. The molecule has 1 fully saturated rings. The standard InChI is InChI=1S/C12H18N4O2/c1-10(16-8-11(9-17)13-14-16)12(18)15-6-4-2-3-5-7-15/h8-10H,2-7H2,1H3. The van der Waals surface area contributed by atoms with E-state index in [1.807, 2.05) is 4.90 Å². The van der Waals surface area contributed by atoms with Crippen LogP contribution in [-0.4, -0.2) is 45.2 Å². The zero-order valence-electron chi connectivity index (χ0n) is 10.6. The predicted octanol–water partition coefficient (Wildman–Crippen LogP) is 1.05. The van der Waals surface area contributed by atoms with E-state index in [1.54, 1.807) is 6.92 Å². The number of likely N-dealkylation sites (tertiary alicyclic amines) is 1. The Morgan fingerprint density at radius 3 is 2.56 bits per heavy atom. The van der Waals surface area contributed by atoms with Gasteiger partial charge in [0.2, 0.25) is 5.91 Å². The first kappa shape index (κ1) is 12.7. The second kappa shape index (κ2) is 5.75. The van der Waals surface area contributed by atoms with Crippen LogP contribution in [0.4, 0.5) is 0 Å². The highest BCUT2D eigenvalue weighted by atomic mass is 16.2. The highest BCUT2D eigenvalue weighted by Crippen LogP contribution is 2.15. The molecule has 0 saturated carbocycles. The van der Waals surface area contributed by atoms with E-state index in [4.69, 9.17) is 0 Å². The van der Waals surface area contributed by atoms with Gasteiger partial charge in [-0.25, -0.2) is 4.68 Å². The quantitative estimate of drug-likeness (QED) is 0.752. The van der Waals surface area contributed by atoms with E-state index in [0.717, 1.165) is 25.9 Å². The monoisotopic (exact) mass is 250 g/mol. The first-order valence-corrected chi connectivity index (χ1v) is 6.38. The molecule has 2 heterocycles. The maximum Gasteiger partial charge on any atom is 0.247 e. The zero-order valence-corrected chi connectivity index (χ0v) is 10.6. The van der Waals surface area contributed by atoms with E-state index >= 15 is 0 Å². The van der Waals surface area contributed by atoms with E-state index in [0.29, 0.717) is 6.29 Å². The van der Waals surface area contributed by atoms with E-state index in [2.05, 4.69) is 10.3 Å². The molecule has 6 heteroatoms. The largest absolute Gasteiger partial charge is 0.341 e. The lowest BCUT2D eigenvalue weighted by Crippen LogP contribution is -2.37. The number of rotatable bonds is 3. The van der Waals surface area contributed by atoms with Gasteiger partial charge in [0.25, 0.3) is 0 Å². The van der Waals surface area contributed by atoms with Crippen LogP contribution in [0.3, 0.4) is 0 Å². The van der Waals surface area contributed by atoms with Crippen molar-refractivity contribution in [1.82, 2.24) is 19.9 Å². The average molecular weight is 250 g/mol. The third-order valence-corrected chi connectivity index (χ3v) is 3.32. The van der Waals surface area contributed by atoms with Crippen molar-refractivity contribution in [2.24, 2.45) is 0 Å². The summed E-state index contributed by atoms with van der Waals surface area (Å²) in [5.74, 6) is 0.0549. The minimum Gasteiger partial charge on any atom is -0.341 e. The molecule has 18 heavy (non-hydrogen) atoms. The number of hydrogen-bond donors (Lipinski definition) is 0. The Morgan fingerprint density at radius 2 is 2.00 bits per heavy atom. The van der Waals surface area contributed by atoms with Gasteiger partial charge in [-0.3, -0.25) is 9.59 Å². The Morgan fingerprint density at radius 1 is 1.33 bits per heavy atom. The second-order valence-electron chi connectivity index (χ2n) is 4.66. The van der Waals surface area contributed by atoms with Crippen molar-refractivity contribution in [1.29, 1.82) is 0 Å². The molecule has 1 aliphatic rings. The van der Waals surface area contributed by atoms with Crippen LogP contribution in [0, 0.1) is 0 Å². The van der Waals surface area contributed by atoms with Crippen LogP contribution >= 0.6 is 0 Å². The van der Waals surface area contributed by atoms with Gasteiger partial charge in [0.15, 0.2) is 6.29 Å². The normalized spacial score (nSPS) is 18.2. The molecule has 0 radical (unpaired) electrons. The molecule has 1 atom stereocenters. The SMILES string of the molecule is CC(C(=O)N1CCCCCC1)n1cc(C=O)nn1. The number of carbonyl (C=O) groups is 2. The molecule has 1 aliphatic heterocycles. The third kappa shape index (κ3) is 2.75. The van der Waals surface area contributed by atoms with Crippen molar-refractivity contribution in [3.63, 3.8) is 0 Å². The number of aromatic nitrogens is 3. The maximum atomic E-state index is 12.3. The van der Waals surface area contributed by atoms with Gasteiger partial charge in [0, 0.05) is 13.1 Å². The van der Waals surface area contributed by atoms with E-state index < -0.39 is 6.04 Å². The lowest BCUT2D eigenvalue weighted by Gasteiger charge is -2.23. The van der Waals surface area contributed by atoms with Gasteiger partial charge in [-0.15, -0.1) is 5.10 Å². The third-order valence-electron chi connectivity index (χ3n) is 3.32. The Kier molecular flexibility index (Phi) is 4.07. The number of carbonyl (C=O) groups excluding carboxylic acids is 2. The molecule has 2 rings (SSSR count). The van der Waals surface area contributed by atoms with Crippen molar-refractivity contribution in [3.8, 4) is 0 Å². The van der Waals surface area contributed by atoms with Crippen molar-refractivity contribution in [3.05, 3.63) is 11.9 Å². The number of hydrogen-bond acceptors (Lipinski definition) is 4. The van der Waals surface area contributed by atoms with Gasteiger partial charge in [0.1, 0.15) is 11.7 Å². The molecule has 1 unspecified atom stereocenters. The average Bonchev–Trinajstić information content (AvgIpc) is 2.71. The first-order chi connectivity index (χ1) is 8.72. The lowest BCUT2D eigenvalue weighted by atomic mass is 10.2. The van der Waals surface area contributed by atoms with Crippen molar-refractivity contribution in [2.75, 3.05) is 13.1 Å². The van der Waals surface area contributed by atoms with Crippen molar-refractivity contribution >= 4 is 12.2 Å². The van der Waals surface area contributed by atoms with Crippen LogP contribution < -0.4 is 0 Å². The lowest BCUT2D eigenvalue weighted by molar-refractivity contribution is -0.134. The van der Waals surface area contributed by atoms with Gasteiger partial charge in [-0.1, -0.05) is 18.1 Å². The predicted molar refractivity (Wildman–Crippen MR) is 65.2 cm³/mol. The number of aldehydes is 1. The van der Waals surface area contributed by atoms with Crippen LogP contribution in [0.15, 0.2) is 6.20 Å². The fourth-order valence-electron chi connectivity index (χ4n) is 2.20. The van der Waals surface area contributed by atoms with Gasteiger partial charge < -0.3 is 4.90 Å². The molecule has 0 aromatic carbocycles. The van der Waals surface area contributed by atoms with Gasteiger partial charge >= 0.3 is 0 Å². The van der Waals surface area contributed by atoms with Crippen LogP contribution in [0.5, 0.6) is 0 Å². The molecule has 1 amide bonds. The van der Waals surface area contributed by atoms with E-state index in [-0.39, 0.29) is 11.6 Å².